The summed E-state index contributed by atoms with van der Waals surface area (Å²) in [5.74, 6) is 0.551. The van der Waals surface area contributed by atoms with E-state index in [1.165, 1.54) is 29.7 Å². The van der Waals surface area contributed by atoms with E-state index in [-0.39, 0.29) is 5.56 Å². The van der Waals surface area contributed by atoms with Crippen molar-refractivity contribution in [3.63, 3.8) is 0 Å². The minimum absolute atomic E-state index is 0.234. The molecule has 3 nitrogen and oxygen atoms in total. The molecule has 2 aliphatic rings. The van der Waals surface area contributed by atoms with Crippen molar-refractivity contribution >= 4 is 0 Å². The van der Waals surface area contributed by atoms with Crippen LogP contribution < -0.4 is 10.9 Å². The second kappa shape index (κ2) is 2.95. The van der Waals surface area contributed by atoms with Gasteiger partial charge in [-0.2, -0.15) is 0 Å². The number of hydrogen-bond acceptors (Lipinski definition) is 2. The molecule has 1 aliphatic heterocycles. The van der Waals surface area contributed by atoms with Gasteiger partial charge in [0, 0.05) is 31.4 Å². The summed E-state index contributed by atoms with van der Waals surface area (Å²) in [5.41, 5.74) is 5.11. The van der Waals surface area contributed by atoms with Crippen molar-refractivity contribution < 1.29 is 0 Å². The lowest BCUT2D eigenvalue weighted by atomic mass is 10.00. The standard InChI is InChI=1S/C12H16N2O/c1-7-9-5-13-6-10(9)14(2)12(15)11(7)8-3-4-8/h8,13H,3-6H2,1-2H3. The van der Waals surface area contributed by atoms with Crippen LogP contribution in [0.3, 0.4) is 0 Å². The highest BCUT2D eigenvalue weighted by Crippen LogP contribution is 2.41. The van der Waals surface area contributed by atoms with Crippen LogP contribution in [-0.2, 0) is 20.1 Å². The number of pyridine rings is 1. The number of rotatable bonds is 1. The van der Waals surface area contributed by atoms with Gasteiger partial charge >= 0.3 is 0 Å². The molecule has 0 bridgehead atoms. The average Bonchev–Trinajstić information content (AvgIpc) is 2.92. The normalized spacial score (nSPS) is 19.3. The molecule has 0 atom stereocenters. The Morgan fingerprint density at radius 2 is 2.07 bits per heavy atom. The van der Waals surface area contributed by atoms with Crippen LogP contribution in [0.4, 0.5) is 0 Å². The van der Waals surface area contributed by atoms with E-state index < -0.39 is 0 Å². The molecule has 1 saturated carbocycles. The van der Waals surface area contributed by atoms with Gasteiger partial charge in [-0.1, -0.05) is 0 Å². The molecule has 3 heteroatoms. The minimum Gasteiger partial charge on any atom is -0.314 e. The lowest BCUT2D eigenvalue weighted by Crippen LogP contribution is -2.25. The van der Waals surface area contributed by atoms with Crippen molar-refractivity contribution in [1.29, 1.82) is 0 Å². The molecule has 0 unspecified atom stereocenters. The van der Waals surface area contributed by atoms with Crippen LogP contribution >= 0.6 is 0 Å². The highest BCUT2D eigenvalue weighted by atomic mass is 16.1. The Morgan fingerprint density at radius 1 is 1.33 bits per heavy atom. The Balaban J connectivity index is 2.32. The van der Waals surface area contributed by atoms with Crippen molar-refractivity contribution in [2.75, 3.05) is 0 Å². The van der Waals surface area contributed by atoms with E-state index in [1.54, 1.807) is 0 Å². The maximum atomic E-state index is 12.2. The zero-order valence-corrected chi connectivity index (χ0v) is 9.26. The topological polar surface area (TPSA) is 34.0 Å². The van der Waals surface area contributed by atoms with E-state index in [0.29, 0.717) is 5.92 Å². The van der Waals surface area contributed by atoms with E-state index >= 15 is 0 Å². The van der Waals surface area contributed by atoms with Crippen molar-refractivity contribution in [2.24, 2.45) is 7.05 Å². The molecule has 1 aromatic heterocycles. The van der Waals surface area contributed by atoms with Gasteiger partial charge in [-0.3, -0.25) is 4.79 Å². The summed E-state index contributed by atoms with van der Waals surface area (Å²) >= 11 is 0. The third-order valence-electron chi connectivity index (χ3n) is 3.72. The lowest BCUT2D eigenvalue weighted by molar-refractivity contribution is 0.716. The summed E-state index contributed by atoms with van der Waals surface area (Å²) < 4.78 is 1.84. The highest BCUT2D eigenvalue weighted by Gasteiger charge is 2.31. The predicted molar refractivity (Wildman–Crippen MR) is 58.9 cm³/mol. The molecular weight excluding hydrogens is 188 g/mol. The molecule has 0 radical (unpaired) electrons. The van der Waals surface area contributed by atoms with Gasteiger partial charge in [0.05, 0.1) is 0 Å². The van der Waals surface area contributed by atoms with Crippen molar-refractivity contribution in [3.05, 3.63) is 32.7 Å². The predicted octanol–water partition coefficient (Wildman–Crippen LogP) is 1.17. The van der Waals surface area contributed by atoms with Crippen LogP contribution in [0.1, 0.15) is 41.1 Å². The molecule has 0 amide bonds. The molecule has 2 heterocycles. The van der Waals surface area contributed by atoms with E-state index in [4.69, 9.17) is 0 Å². The molecule has 0 aromatic carbocycles. The first-order valence-corrected chi connectivity index (χ1v) is 5.62. The summed E-state index contributed by atoms with van der Waals surface area (Å²) in [6, 6.07) is 0. The molecule has 1 fully saturated rings. The monoisotopic (exact) mass is 204 g/mol. The van der Waals surface area contributed by atoms with Crippen LogP contribution in [-0.4, -0.2) is 4.57 Å². The first-order valence-electron chi connectivity index (χ1n) is 5.62. The van der Waals surface area contributed by atoms with Gasteiger partial charge in [0.25, 0.3) is 5.56 Å². The first-order chi connectivity index (χ1) is 7.20. The second-order valence-corrected chi connectivity index (χ2v) is 4.71. The number of hydrogen-bond donors (Lipinski definition) is 1. The van der Waals surface area contributed by atoms with Crippen LogP contribution in [0.15, 0.2) is 4.79 Å². The molecule has 1 aromatic rings. The minimum atomic E-state index is 0.234. The van der Waals surface area contributed by atoms with E-state index in [9.17, 15) is 4.79 Å². The smallest absolute Gasteiger partial charge is 0.254 e. The maximum absolute atomic E-state index is 12.2. The maximum Gasteiger partial charge on any atom is 0.254 e. The van der Waals surface area contributed by atoms with Gasteiger partial charge in [-0.25, -0.2) is 0 Å². The number of aromatic nitrogens is 1. The molecule has 3 rings (SSSR count). The third kappa shape index (κ3) is 1.19. The summed E-state index contributed by atoms with van der Waals surface area (Å²) in [6.07, 6.45) is 2.39. The fourth-order valence-corrected chi connectivity index (χ4v) is 2.66. The number of nitrogens with one attached hydrogen (secondary N) is 1. The third-order valence-corrected chi connectivity index (χ3v) is 3.72. The van der Waals surface area contributed by atoms with Gasteiger partial charge in [-0.15, -0.1) is 0 Å². The molecule has 1 aliphatic carbocycles. The average molecular weight is 204 g/mol. The molecule has 0 spiro atoms. The molecule has 80 valence electrons. The lowest BCUT2D eigenvalue weighted by Gasteiger charge is -2.13. The van der Waals surface area contributed by atoms with Gasteiger partial charge in [-0.05, 0) is 36.8 Å². The summed E-state index contributed by atoms with van der Waals surface area (Å²) in [6.45, 7) is 3.88. The van der Waals surface area contributed by atoms with Crippen LogP contribution in [0.5, 0.6) is 0 Å². The van der Waals surface area contributed by atoms with Crippen LogP contribution in [0, 0.1) is 6.92 Å². The fourth-order valence-electron chi connectivity index (χ4n) is 2.66. The van der Waals surface area contributed by atoms with E-state index in [1.807, 2.05) is 11.6 Å². The second-order valence-electron chi connectivity index (χ2n) is 4.71. The SMILES string of the molecule is Cc1c2c(n(C)c(=O)c1C1CC1)CNC2. The fraction of sp³-hybridized carbons (Fsp3) is 0.583. The van der Waals surface area contributed by atoms with Crippen LogP contribution in [0.25, 0.3) is 0 Å². The summed E-state index contributed by atoms with van der Waals surface area (Å²) in [7, 11) is 1.90. The van der Waals surface area contributed by atoms with Gasteiger partial charge in [0.1, 0.15) is 0 Å². The van der Waals surface area contributed by atoms with Gasteiger partial charge in [0.2, 0.25) is 0 Å². The van der Waals surface area contributed by atoms with Crippen molar-refractivity contribution in [1.82, 2.24) is 9.88 Å². The van der Waals surface area contributed by atoms with Gasteiger partial charge in [0.15, 0.2) is 0 Å². The molecule has 1 N–H and O–H groups in total. The summed E-state index contributed by atoms with van der Waals surface area (Å²) in [4.78, 5) is 12.2. The Bertz CT molecular complexity index is 483. The summed E-state index contributed by atoms with van der Waals surface area (Å²) in [5, 5.41) is 3.32. The Morgan fingerprint density at radius 3 is 2.73 bits per heavy atom. The largest absolute Gasteiger partial charge is 0.314 e. The van der Waals surface area contributed by atoms with Crippen molar-refractivity contribution in [2.45, 2.75) is 38.8 Å². The first kappa shape index (κ1) is 9.16. The van der Waals surface area contributed by atoms with Crippen molar-refractivity contribution in [3.8, 4) is 0 Å². The Labute approximate surface area is 89.1 Å². The Hall–Kier alpha value is -1.09. The van der Waals surface area contributed by atoms with E-state index in [2.05, 4.69) is 12.2 Å². The molecular formula is C12H16N2O. The molecule has 15 heavy (non-hydrogen) atoms. The highest BCUT2D eigenvalue weighted by molar-refractivity contribution is 5.41. The number of nitrogens with zero attached hydrogens (tertiary/aromatic N) is 1. The Kier molecular flexibility index (Phi) is 1.80. The van der Waals surface area contributed by atoms with Gasteiger partial charge < -0.3 is 9.88 Å². The number of fused-ring (bicyclic) bond motifs is 1. The zero-order chi connectivity index (χ0) is 10.6. The zero-order valence-electron chi connectivity index (χ0n) is 9.26. The van der Waals surface area contributed by atoms with E-state index in [0.717, 1.165) is 18.7 Å². The van der Waals surface area contributed by atoms with Crippen LogP contribution in [0.2, 0.25) is 0 Å². The quantitative estimate of drug-likeness (QED) is 0.745. The molecule has 0 saturated heterocycles.